The number of sulfonamides is 1. The maximum Gasteiger partial charge on any atom is 0.416 e. The van der Waals surface area contributed by atoms with Crippen molar-refractivity contribution in [3.05, 3.63) is 61.7 Å². The molecule has 0 saturated carbocycles. The Hall–Kier alpha value is -3.59. The lowest BCUT2D eigenvalue weighted by Crippen LogP contribution is -2.28. The van der Waals surface area contributed by atoms with Gasteiger partial charge in [-0.3, -0.25) is 14.9 Å². The van der Waals surface area contributed by atoms with Crippen molar-refractivity contribution in [2.75, 3.05) is 19.4 Å². The van der Waals surface area contributed by atoms with Crippen LogP contribution in [0.15, 0.2) is 34.0 Å². The molecule has 2 N–H and O–H groups in total. The molecule has 2 aromatic heterocycles. The molecule has 0 saturated heterocycles. The van der Waals surface area contributed by atoms with E-state index in [-0.39, 0.29) is 28.2 Å². The number of alkyl halides is 3. The van der Waals surface area contributed by atoms with Gasteiger partial charge in [0.1, 0.15) is 22.2 Å². The smallest absolute Gasteiger partial charge is 0.363 e. The predicted molar refractivity (Wildman–Crippen MR) is 116 cm³/mol. The van der Waals surface area contributed by atoms with Gasteiger partial charge in [0, 0.05) is 26.2 Å². The zero-order valence-electron chi connectivity index (χ0n) is 18.3. The number of hydrogen-bond donors (Lipinski definition) is 2. The van der Waals surface area contributed by atoms with Gasteiger partial charge in [0.15, 0.2) is 0 Å². The molecule has 2 heterocycles. The Bertz CT molecular complexity index is 1450. The maximum atomic E-state index is 13.3. The molecule has 0 aliphatic carbocycles. The van der Waals surface area contributed by atoms with E-state index in [0.717, 1.165) is 22.5 Å². The molecule has 182 valence electrons. The van der Waals surface area contributed by atoms with E-state index in [4.69, 9.17) is 0 Å². The molecule has 1 aromatic carbocycles. The van der Waals surface area contributed by atoms with E-state index < -0.39 is 48.9 Å². The fourth-order valence-electron chi connectivity index (χ4n) is 3.12. The van der Waals surface area contributed by atoms with Crippen molar-refractivity contribution in [2.45, 2.75) is 31.0 Å². The quantitative estimate of drug-likeness (QED) is 0.387. The van der Waals surface area contributed by atoms with Crippen LogP contribution in [0.5, 0.6) is 0 Å². The summed E-state index contributed by atoms with van der Waals surface area (Å²) in [5.41, 5.74) is -2.91. The molecule has 0 amide bonds. The van der Waals surface area contributed by atoms with Crippen molar-refractivity contribution in [1.82, 2.24) is 19.3 Å². The number of halogens is 3. The number of benzene rings is 1. The summed E-state index contributed by atoms with van der Waals surface area (Å²) < 4.78 is 65.7. The normalized spacial score (nSPS) is 13.3. The lowest BCUT2D eigenvalue weighted by molar-refractivity contribution is -0.385. The van der Waals surface area contributed by atoms with Crippen LogP contribution < -0.4 is 10.9 Å². The number of nitrogens with one attached hydrogen (secondary N) is 2. The number of nitro benzene ring substituents is 1. The highest BCUT2D eigenvalue weighted by Gasteiger charge is 2.33. The molecule has 0 radical (unpaired) electrons. The van der Waals surface area contributed by atoms with Gasteiger partial charge in [0.05, 0.1) is 21.9 Å². The minimum Gasteiger partial charge on any atom is -0.363 e. The van der Waals surface area contributed by atoms with Crippen molar-refractivity contribution in [1.29, 1.82) is 0 Å². The number of aryl methyl sites for hydroxylation is 1. The Morgan fingerprint density at radius 1 is 1.18 bits per heavy atom. The molecule has 0 bridgehead atoms. The molecule has 3 rings (SSSR count). The summed E-state index contributed by atoms with van der Waals surface area (Å²) in [6.45, 7) is 2.94. The maximum absolute atomic E-state index is 13.3. The Kier molecular flexibility index (Phi) is 6.36. The molecule has 3 aromatic rings. The van der Waals surface area contributed by atoms with Crippen LogP contribution in [-0.2, 0) is 16.2 Å². The number of rotatable bonds is 6. The fraction of sp³-hybridized carbons (Fsp3) is 0.316. The van der Waals surface area contributed by atoms with Gasteiger partial charge in [0.25, 0.3) is 11.2 Å². The number of fused-ring (bicyclic) bond motifs is 1. The van der Waals surface area contributed by atoms with Gasteiger partial charge in [-0.25, -0.2) is 22.7 Å². The highest BCUT2D eigenvalue weighted by Crippen LogP contribution is 2.35. The van der Waals surface area contributed by atoms with Crippen LogP contribution in [0.25, 0.3) is 11.0 Å². The standard InChI is InChI=1S/C19H19F3N6O5S/c1-9(11-5-12(19(20,21)22)7-13(6-11)28(30)31)23-16-14-8-15(34(32,33)27(3)4)18(29)26-17(14)25-10(2)24-16/h5-9H,1-4H3,(H2,23,24,25,26,29)/t9-/m1/s1. The van der Waals surface area contributed by atoms with E-state index in [1.54, 1.807) is 0 Å². The second-order valence-corrected chi connectivity index (χ2v) is 9.69. The lowest BCUT2D eigenvalue weighted by Gasteiger charge is -2.18. The van der Waals surface area contributed by atoms with Crippen LogP contribution in [0.1, 0.15) is 29.9 Å². The summed E-state index contributed by atoms with van der Waals surface area (Å²) in [7, 11) is -1.65. The SMILES string of the molecule is Cc1nc(N[C@H](C)c2cc([N+](=O)[O-])cc(C(F)(F)F)c2)c2cc(S(=O)(=O)N(C)C)c(=O)[nH]c2n1. The van der Waals surface area contributed by atoms with Gasteiger partial charge < -0.3 is 10.3 Å². The summed E-state index contributed by atoms with van der Waals surface area (Å²) in [4.78, 5) is 32.6. The highest BCUT2D eigenvalue weighted by molar-refractivity contribution is 7.89. The van der Waals surface area contributed by atoms with E-state index in [1.807, 2.05) is 0 Å². The van der Waals surface area contributed by atoms with Crippen LogP contribution in [-0.4, -0.2) is 46.7 Å². The Morgan fingerprint density at radius 2 is 1.82 bits per heavy atom. The third kappa shape index (κ3) is 4.84. The molecule has 0 spiro atoms. The van der Waals surface area contributed by atoms with Gasteiger partial charge in [-0.2, -0.15) is 13.2 Å². The van der Waals surface area contributed by atoms with Gasteiger partial charge in [-0.15, -0.1) is 0 Å². The minimum atomic E-state index is -4.81. The number of H-pyrrole nitrogens is 1. The molecule has 11 nitrogen and oxygen atoms in total. The zero-order valence-corrected chi connectivity index (χ0v) is 19.1. The zero-order chi connectivity index (χ0) is 25.6. The molecule has 15 heteroatoms. The van der Waals surface area contributed by atoms with Crippen LogP contribution >= 0.6 is 0 Å². The summed E-state index contributed by atoms with van der Waals surface area (Å²) in [6.07, 6.45) is -4.81. The monoisotopic (exact) mass is 500 g/mol. The van der Waals surface area contributed by atoms with Gasteiger partial charge in [0.2, 0.25) is 10.0 Å². The number of aromatic amines is 1. The van der Waals surface area contributed by atoms with Gasteiger partial charge >= 0.3 is 6.18 Å². The summed E-state index contributed by atoms with van der Waals surface area (Å²) in [5.74, 6) is 0.192. The molecule has 0 aliphatic heterocycles. The van der Waals surface area contributed by atoms with Crippen molar-refractivity contribution < 1.29 is 26.5 Å². The third-order valence-electron chi connectivity index (χ3n) is 4.88. The van der Waals surface area contributed by atoms with Crippen molar-refractivity contribution in [2.24, 2.45) is 0 Å². The number of pyridine rings is 1. The first-order valence-electron chi connectivity index (χ1n) is 9.58. The van der Waals surface area contributed by atoms with E-state index in [1.165, 1.54) is 27.9 Å². The van der Waals surface area contributed by atoms with E-state index in [2.05, 4.69) is 20.3 Å². The van der Waals surface area contributed by atoms with Gasteiger partial charge in [-0.1, -0.05) is 0 Å². The van der Waals surface area contributed by atoms with Crippen molar-refractivity contribution in [3.63, 3.8) is 0 Å². The van der Waals surface area contributed by atoms with Crippen LogP contribution in [0.4, 0.5) is 24.7 Å². The number of nitrogens with zero attached hydrogens (tertiary/aromatic N) is 4. The topological polar surface area (TPSA) is 151 Å². The fourth-order valence-corrected chi connectivity index (χ4v) is 4.06. The first-order chi connectivity index (χ1) is 15.6. The van der Waals surface area contributed by atoms with Crippen molar-refractivity contribution in [3.8, 4) is 0 Å². The third-order valence-corrected chi connectivity index (χ3v) is 6.70. The summed E-state index contributed by atoms with van der Waals surface area (Å²) >= 11 is 0. The average molecular weight is 500 g/mol. The number of nitro groups is 1. The second-order valence-electron chi connectivity index (χ2n) is 7.57. The summed E-state index contributed by atoms with van der Waals surface area (Å²) in [6, 6.07) is 2.33. The molecule has 0 fully saturated rings. The van der Waals surface area contributed by atoms with Crippen LogP contribution in [0.2, 0.25) is 0 Å². The number of aromatic nitrogens is 3. The molecule has 34 heavy (non-hydrogen) atoms. The Labute approximate surface area is 190 Å². The van der Waals surface area contributed by atoms with E-state index >= 15 is 0 Å². The average Bonchev–Trinajstić information content (AvgIpc) is 2.71. The number of non-ortho nitro benzene ring substituents is 1. The number of anilines is 1. The second kappa shape index (κ2) is 8.64. The Morgan fingerprint density at radius 3 is 2.38 bits per heavy atom. The molecular weight excluding hydrogens is 481 g/mol. The first-order valence-corrected chi connectivity index (χ1v) is 11.0. The van der Waals surface area contributed by atoms with Crippen LogP contribution in [0.3, 0.4) is 0 Å². The molecular formula is C19H19F3N6O5S. The van der Waals surface area contributed by atoms with Crippen LogP contribution in [0, 0.1) is 17.0 Å². The molecule has 0 unspecified atom stereocenters. The largest absolute Gasteiger partial charge is 0.416 e. The van der Waals surface area contributed by atoms with Crippen molar-refractivity contribution >= 4 is 32.6 Å². The minimum absolute atomic E-state index is 0.0000658. The highest BCUT2D eigenvalue weighted by atomic mass is 32.2. The number of hydrogen-bond acceptors (Lipinski definition) is 8. The van der Waals surface area contributed by atoms with E-state index in [9.17, 15) is 36.5 Å². The summed E-state index contributed by atoms with van der Waals surface area (Å²) in [5, 5.41) is 14.1. The Balaban J connectivity index is 2.16. The molecule has 0 aliphatic rings. The first kappa shape index (κ1) is 25.0. The van der Waals surface area contributed by atoms with Gasteiger partial charge in [-0.05, 0) is 31.5 Å². The predicted octanol–water partition coefficient (Wildman–Crippen LogP) is 2.98. The molecule has 1 atom stereocenters. The lowest BCUT2D eigenvalue weighted by atomic mass is 10.0. The van der Waals surface area contributed by atoms with E-state index in [0.29, 0.717) is 6.07 Å².